The molecular formula is C32H23Cl3N4O2. The summed E-state index contributed by atoms with van der Waals surface area (Å²) in [6.07, 6.45) is 3.39. The summed E-state index contributed by atoms with van der Waals surface area (Å²) in [5, 5.41) is 11.6. The zero-order valence-corrected chi connectivity index (χ0v) is 23.8. The predicted molar refractivity (Wildman–Crippen MR) is 164 cm³/mol. The molecule has 0 radical (unpaired) electrons. The number of aromatic nitrogens is 2. The van der Waals surface area contributed by atoms with Gasteiger partial charge in [-0.05, 0) is 54.1 Å². The van der Waals surface area contributed by atoms with Gasteiger partial charge in [0.25, 0.3) is 11.8 Å². The molecule has 0 atom stereocenters. The van der Waals surface area contributed by atoms with E-state index in [1.165, 1.54) is 12.1 Å². The summed E-state index contributed by atoms with van der Waals surface area (Å²) in [5.74, 6) is -1.04. The summed E-state index contributed by atoms with van der Waals surface area (Å²) >= 11 is 18.4. The van der Waals surface area contributed by atoms with Gasteiger partial charge in [0.1, 0.15) is 11.4 Å². The number of benzene rings is 4. The molecule has 9 heteroatoms. The van der Waals surface area contributed by atoms with E-state index in [4.69, 9.17) is 39.9 Å². The van der Waals surface area contributed by atoms with Gasteiger partial charge in [-0.2, -0.15) is 5.10 Å². The zero-order chi connectivity index (χ0) is 28.8. The number of carbonyl (C=O) groups is 2. The molecule has 41 heavy (non-hydrogen) atoms. The van der Waals surface area contributed by atoms with E-state index in [2.05, 4.69) is 10.6 Å². The minimum atomic E-state index is -0.559. The largest absolute Gasteiger partial charge is 0.347 e. The molecule has 204 valence electrons. The Labute approximate surface area is 252 Å². The third-order valence-corrected chi connectivity index (χ3v) is 6.95. The number of carbonyl (C=O) groups excluding carboxylic acids is 2. The highest BCUT2D eigenvalue weighted by Gasteiger charge is 2.19. The van der Waals surface area contributed by atoms with E-state index in [9.17, 15) is 9.59 Å². The first-order valence-corrected chi connectivity index (χ1v) is 13.7. The van der Waals surface area contributed by atoms with Gasteiger partial charge >= 0.3 is 0 Å². The van der Waals surface area contributed by atoms with Crippen molar-refractivity contribution in [2.75, 3.05) is 0 Å². The molecule has 4 aromatic carbocycles. The minimum absolute atomic E-state index is 0.0137. The first-order chi connectivity index (χ1) is 19.9. The molecule has 0 unspecified atom stereocenters. The molecule has 2 N–H and O–H groups in total. The van der Waals surface area contributed by atoms with Gasteiger partial charge in [0.2, 0.25) is 0 Å². The molecule has 1 heterocycles. The number of nitrogens with zero attached hydrogens (tertiary/aromatic N) is 2. The van der Waals surface area contributed by atoms with Gasteiger partial charge in [-0.3, -0.25) is 9.59 Å². The number of amides is 2. The minimum Gasteiger partial charge on any atom is -0.347 e. The molecule has 2 amide bonds. The third kappa shape index (κ3) is 7.05. The Morgan fingerprint density at radius 2 is 1.46 bits per heavy atom. The number of halogens is 3. The first-order valence-electron chi connectivity index (χ1n) is 12.6. The second kappa shape index (κ2) is 12.9. The van der Waals surface area contributed by atoms with Crippen molar-refractivity contribution in [1.29, 1.82) is 0 Å². The van der Waals surface area contributed by atoms with Crippen LogP contribution >= 0.6 is 34.8 Å². The summed E-state index contributed by atoms with van der Waals surface area (Å²) in [7, 11) is 0. The van der Waals surface area contributed by atoms with Crippen LogP contribution in [0.5, 0.6) is 0 Å². The lowest BCUT2D eigenvalue weighted by molar-refractivity contribution is -0.117. The van der Waals surface area contributed by atoms with Crippen LogP contribution in [0.1, 0.15) is 21.5 Å². The molecule has 0 spiro atoms. The van der Waals surface area contributed by atoms with Crippen LogP contribution in [-0.4, -0.2) is 21.6 Å². The molecule has 0 saturated heterocycles. The molecule has 1 aromatic heterocycles. The molecular weight excluding hydrogens is 579 g/mol. The van der Waals surface area contributed by atoms with E-state index < -0.39 is 11.8 Å². The second-order valence-corrected chi connectivity index (χ2v) is 10.3. The number of hydrogen-bond donors (Lipinski definition) is 2. The highest BCUT2D eigenvalue weighted by molar-refractivity contribution is 6.36. The monoisotopic (exact) mass is 600 g/mol. The maximum atomic E-state index is 13.5. The Balaban J connectivity index is 1.56. The Hall–Kier alpha value is -4.36. The van der Waals surface area contributed by atoms with Crippen molar-refractivity contribution < 1.29 is 9.59 Å². The predicted octanol–water partition coefficient (Wildman–Crippen LogP) is 7.59. The van der Waals surface area contributed by atoms with Crippen molar-refractivity contribution in [3.8, 4) is 16.9 Å². The van der Waals surface area contributed by atoms with Crippen molar-refractivity contribution in [3.05, 3.63) is 147 Å². The normalized spacial score (nSPS) is 11.2. The maximum absolute atomic E-state index is 13.5. The number of nitrogens with one attached hydrogen (secondary N) is 2. The Kier molecular flexibility index (Phi) is 8.85. The van der Waals surface area contributed by atoms with Crippen LogP contribution in [0.25, 0.3) is 23.0 Å². The van der Waals surface area contributed by atoms with Crippen molar-refractivity contribution in [2.45, 2.75) is 6.54 Å². The number of hydrogen-bond acceptors (Lipinski definition) is 3. The summed E-state index contributed by atoms with van der Waals surface area (Å²) in [5.41, 5.74) is 3.91. The van der Waals surface area contributed by atoms with E-state index in [1.807, 2.05) is 72.8 Å². The Morgan fingerprint density at radius 3 is 2.15 bits per heavy atom. The fourth-order valence-electron chi connectivity index (χ4n) is 4.09. The van der Waals surface area contributed by atoms with Gasteiger partial charge in [0.15, 0.2) is 0 Å². The molecule has 6 nitrogen and oxygen atoms in total. The van der Waals surface area contributed by atoms with Gasteiger partial charge < -0.3 is 10.6 Å². The standard InChI is InChI=1S/C32H23Cl3N4O2/c33-24-13-11-22(12-14-24)30-23(20-39(38-30)26-9-5-2-6-10-26)17-29(32(41)36-19-21-7-3-1-4-8-21)37-31(40)27-16-15-25(34)18-28(27)35/h1-18,20H,19H2,(H,36,41)(H,37,40). The van der Waals surface area contributed by atoms with Crippen LogP contribution < -0.4 is 10.6 Å². The highest BCUT2D eigenvalue weighted by atomic mass is 35.5. The van der Waals surface area contributed by atoms with Gasteiger partial charge in [-0.1, -0.05) is 95.5 Å². The van der Waals surface area contributed by atoms with E-state index >= 15 is 0 Å². The Morgan fingerprint density at radius 1 is 0.805 bits per heavy atom. The van der Waals surface area contributed by atoms with Crippen molar-refractivity contribution in [3.63, 3.8) is 0 Å². The fourth-order valence-corrected chi connectivity index (χ4v) is 4.71. The molecule has 5 aromatic rings. The molecule has 0 aliphatic heterocycles. The van der Waals surface area contributed by atoms with Crippen molar-refractivity contribution >= 4 is 52.7 Å². The van der Waals surface area contributed by atoms with E-state index in [0.29, 0.717) is 21.3 Å². The highest BCUT2D eigenvalue weighted by Crippen LogP contribution is 2.27. The van der Waals surface area contributed by atoms with Crippen molar-refractivity contribution in [2.24, 2.45) is 0 Å². The smallest absolute Gasteiger partial charge is 0.268 e. The van der Waals surface area contributed by atoms with Crippen LogP contribution in [0.4, 0.5) is 0 Å². The molecule has 0 fully saturated rings. The maximum Gasteiger partial charge on any atom is 0.268 e. The molecule has 0 aliphatic carbocycles. The van der Waals surface area contributed by atoms with E-state index in [1.54, 1.807) is 35.2 Å². The molecule has 5 rings (SSSR count). The number of para-hydroxylation sites is 1. The molecule has 0 aliphatic rings. The summed E-state index contributed by atoms with van der Waals surface area (Å²) in [4.78, 5) is 26.8. The molecule has 0 saturated carbocycles. The summed E-state index contributed by atoms with van der Waals surface area (Å²) < 4.78 is 1.72. The topological polar surface area (TPSA) is 76.0 Å². The summed E-state index contributed by atoms with van der Waals surface area (Å²) in [6, 6.07) is 30.8. The van der Waals surface area contributed by atoms with Gasteiger partial charge in [0, 0.05) is 33.9 Å². The zero-order valence-electron chi connectivity index (χ0n) is 21.5. The van der Waals surface area contributed by atoms with E-state index in [0.717, 1.165) is 16.8 Å². The first kappa shape index (κ1) is 28.2. The summed E-state index contributed by atoms with van der Waals surface area (Å²) in [6.45, 7) is 0.266. The van der Waals surface area contributed by atoms with Crippen LogP contribution in [0, 0.1) is 0 Å². The Bertz CT molecular complexity index is 1720. The third-order valence-electron chi connectivity index (χ3n) is 6.15. The number of rotatable bonds is 8. The van der Waals surface area contributed by atoms with Gasteiger partial charge in [-0.15, -0.1) is 0 Å². The molecule has 0 bridgehead atoms. The van der Waals surface area contributed by atoms with Crippen molar-refractivity contribution in [1.82, 2.24) is 20.4 Å². The lowest BCUT2D eigenvalue weighted by atomic mass is 10.1. The lowest BCUT2D eigenvalue weighted by Crippen LogP contribution is -2.34. The fraction of sp³-hybridized carbons (Fsp3) is 0.0312. The quantitative estimate of drug-likeness (QED) is 0.180. The SMILES string of the molecule is O=C(NCc1ccccc1)C(=Cc1cn(-c2ccccc2)nc1-c1ccc(Cl)cc1)NC(=O)c1ccc(Cl)cc1Cl. The van der Waals surface area contributed by atoms with Gasteiger partial charge in [0.05, 0.1) is 16.3 Å². The van der Waals surface area contributed by atoms with Crippen LogP contribution in [0.2, 0.25) is 15.1 Å². The van der Waals surface area contributed by atoms with E-state index in [-0.39, 0.29) is 22.8 Å². The average molecular weight is 602 g/mol. The van der Waals surface area contributed by atoms with Crippen LogP contribution in [-0.2, 0) is 11.3 Å². The van der Waals surface area contributed by atoms with Crippen LogP contribution in [0.15, 0.2) is 115 Å². The van der Waals surface area contributed by atoms with Gasteiger partial charge in [-0.25, -0.2) is 4.68 Å². The second-order valence-electron chi connectivity index (χ2n) is 9.02. The van der Waals surface area contributed by atoms with Crippen LogP contribution in [0.3, 0.4) is 0 Å². The lowest BCUT2D eigenvalue weighted by Gasteiger charge is -2.12. The average Bonchev–Trinajstić information content (AvgIpc) is 3.40.